The highest BCUT2D eigenvalue weighted by atomic mass is 14.1. The maximum absolute atomic E-state index is 2.24. The highest BCUT2D eigenvalue weighted by molar-refractivity contribution is 5.71. The van der Waals surface area contributed by atoms with Crippen LogP contribution in [0.15, 0.2) is 84.9 Å². The van der Waals surface area contributed by atoms with Crippen LogP contribution in [-0.4, -0.2) is 0 Å². The molecule has 0 atom stereocenters. The molecule has 0 amide bonds. The van der Waals surface area contributed by atoms with Gasteiger partial charge in [-0.3, -0.25) is 0 Å². The zero-order valence-electron chi connectivity index (χ0n) is 19.8. The van der Waals surface area contributed by atoms with Crippen molar-refractivity contribution in [2.24, 2.45) is 0 Å². The molecule has 0 radical (unpaired) electrons. The summed E-state index contributed by atoms with van der Waals surface area (Å²) in [5.41, 5.74) is 13.5. The Morgan fingerprint density at radius 3 is 1.03 bits per heavy atom. The van der Waals surface area contributed by atoms with Gasteiger partial charge in [0.25, 0.3) is 0 Å². The van der Waals surface area contributed by atoms with Crippen LogP contribution >= 0.6 is 0 Å². The van der Waals surface area contributed by atoms with Gasteiger partial charge in [0.05, 0.1) is 0 Å². The van der Waals surface area contributed by atoms with Crippen molar-refractivity contribution < 1.29 is 0 Å². The highest BCUT2D eigenvalue weighted by Gasteiger charge is 2.05. The van der Waals surface area contributed by atoms with Gasteiger partial charge in [0.1, 0.15) is 0 Å². The predicted octanol–water partition coefficient (Wildman–Crippen LogP) is 8.48. The second-order valence-electron chi connectivity index (χ2n) is 8.78. The topological polar surface area (TPSA) is 0 Å². The smallest absolute Gasteiger partial charge is 0.00258 e. The minimum absolute atomic E-state index is 1.03. The van der Waals surface area contributed by atoms with E-state index in [1.54, 1.807) is 0 Å². The van der Waals surface area contributed by atoms with Crippen LogP contribution in [0.5, 0.6) is 0 Å². The highest BCUT2D eigenvalue weighted by Crippen LogP contribution is 2.27. The molecule has 0 heteroatoms. The van der Waals surface area contributed by atoms with Crippen LogP contribution in [0.2, 0.25) is 0 Å². The minimum atomic E-state index is 1.03. The van der Waals surface area contributed by atoms with E-state index in [0.717, 1.165) is 6.42 Å². The van der Waals surface area contributed by atoms with Crippen molar-refractivity contribution in [3.63, 3.8) is 0 Å². The summed E-state index contributed by atoms with van der Waals surface area (Å²) < 4.78 is 0. The van der Waals surface area contributed by atoms with E-state index in [4.69, 9.17) is 0 Å². The third kappa shape index (κ3) is 6.43. The van der Waals surface area contributed by atoms with E-state index in [0.29, 0.717) is 0 Å². The summed E-state index contributed by atoms with van der Waals surface area (Å²) in [7, 11) is 0. The average Bonchev–Trinajstić information content (AvgIpc) is 2.73. The quantitative estimate of drug-likeness (QED) is 0.320. The van der Waals surface area contributed by atoms with Crippen molar-refractivity contribution >= 4 is 0 Å². The maximum Gasteiger partial charge on any atom is -0.00258 e. The van der Waals surface area contributed by atoms with Crippen LogP contribution in [0.3, 0.4) is 0 Å². The third-order valence-electron chi connectivity index (χ3n) is 5.70. The van der Waals surface area contributed by atoms with Crippen LogP contribution in [0.1, 0.15) is 44.5 Å². The largest absolute Gasteiger partial charge is 0.0590 e. The van der Waals surface area contributed by atoms with Crippen LogP contribution in [-0.2, 0) is 6.42 Å². The first-order chi connectivity index (χ1) is 14.8. The molecule has 0 aliphatic rings. The molecular formula is C31H34. The Morgan fingerprint density at radius 2 is 0.710 bits per heavy atom. The van der Waals surface area contributed by atoms with Crippen molar-refractivity contribution in [3.05, 3.63) is 129 Å². The predicted molar refractivity (Wildman–Crippen MR) is 136 cm³/mol. The van der Waals surface area contributed by atoms with Gasteiger partial charge in [-0.2, -0.15) is 0 Å². The molecule has 0 saturated carbocycles. The average molecular weight is 407 g/mol. The van der Waals surface area contributed by atoms with Crippen molar-refractivity contribution in [1.29, 1.82) is 0 Å². The van der Waals surface area contributed by atoms with Gasteiger partial charge in [-0.05, 0) is 81.3 Å². The molecule has 0 aliphatic carbocycles. The van der Waals surface area contributed by atoms with E-state index >= 15 is 0 Å². The Kier molecular flexibility index (Phi) is 7.47. The fourth-order valence-electron chi connectivity index (χ4n) is 3.88. The Morgan fingerprint density at radius 1 is 0.387 bits per heavy atom. The lowest BCUT2D eigenvalue weighted by Crippen LogP contribution is -1.88. The standard InChI is InChI=1S/C16H18.C15H16/c1-11-5-7-15(13(3)9-11)16-8-6-12(2)10-14(16)4;1-12-3-7-14(8-4-12)11-15-9-5-13(2)6-10-15/h5-10H,1-4H3;3-10H,11H2,1-2H3. The molecule has 0 nitrogen and oxygen atoms in total. The Balaban J connectivity index is 0.000000176. The lowest BCUT2D eigenvalue weighted by Gasteiger charge is -2.10. The molecule has 4 rings (SSSR count). The number of benzene rings is 4. The molecule has 0 heterocycles. The van der Waals surface area contributed by atoms with Crippen LogP contribution < -0.4 is 0 Å². The minimum Gasteiger partial charge on any atom is -0.0590 e. The van der Waals surface area contributed by atoms with Gasteiger partial charge in [-0.1, -0.05) is 107 Å². The van der Waals surface area contributed by atoms with Crippen LogP contribution in [0.25, 0.3) is 11.1 Å². The summed E-state index contributed by atoms with van der Waals surface area (Å²) in [6.45, 7) is 12.9. The first-order valence-electron chi connectivity index (χ1n) is 11.1. The van der Waals surface area contributed by atoms with Gasteiger partial charge in [-0.25, -0.2) is 0 Å². The summed E-state index contributed by atoms with van der Waals surface area (Å²) in [5, 5.41) is 0. The monoisotopic (exact) mass is 406 g/mol. The van der Waals surface area contributed by atoms with Crippen molar-refractivity contribution in [2.45, 2.75) is 48.0 Å². The van der Waals surface area contributed by atoms with Gasteiger partial charge in [0.15, 0.2) is 0 Å². The Hall–Kier alpha value is -3.12. The van der Waals surface area contributed by atoms with Crippen LogP contribution in [0.4, 0.5) is 0 Å². The van der Waals surface area contributed by atoms with E-state index in [1.807, 2.05) is 0 Å². The molecule has 0 aromatic heterocycles. The summed E-state index contributed by atoms with van der Waals surface area (Å²) in [4.78, 5) is 0. The molecule has 31 heavy (non-hydrogen) atoms. The number of rotatable bonds is 3. The molecule has 158 valence electrons. The molecule has 0 N–H and O–H groups in total. The molecule has 0 saturated heterocycles. The second-order valence-corrected chi connectivity index (χ2v) is 8.78. The molecule has 4 aromatic carbocycles. The third-order valence-corrected chi connectivity index (χ3v) is 5.70. The van der Waals surface area contributed by atoms with E-state index in [-0.39, 0.29) is 0 Å². The first-order valence-corrected chi connectivity index (χ1v) is 11.1. The Labute approximate surface area is 188 Å². The molecule has 0 spiro atoms. The fraction of sp³-hybridized carbons (Fsp3) is 0.226. The molecule has 0 aliphatic heterocycles. The zero-order valence-corrected chi connectivity index (χ0v) is 19.8. The van der Waals surface area contributed by atoms with Crippen LogP contribution in [0, 0.1) is 41.5 Å². The summed E-state index contributed by atoms with van der Waals surface area (Å²) >= 11 is 0. The first kappa shape index (κ1) is 22.6. The number of hydrogen-bond donors (Lipinski definition) is 0. The molecule has 0 fully saturated rings. The lowest BCUT2D eigenvalue weighted by atomic mass is 9.94. The maximum atomic E-state index is 2.24. The number of aryl methyl sites for hydroxylation is 6. The fourth-order valence-corrected chi connectivity index (χ4v) is 3.88. The van der Waals surface area contributed by atoms with Gasteiger partial charge < -0.3 is 0 Å². The van der Waals surface area contributed by atoms with Crippen molar-refractivity contribution in [3.8, 4) is 11.1 Å². The van der Waals surface area contributed by atoms with Gasteiger partial charge in [-0.15, -0.1) is 0 Å². The van der Waals surface area contributed by atoms with Gasteiger partial charge >= 0.3 is 0 Å². The molecule has 0 bridgehead atoms. The summed E-state index contributed by atoms with van der Waals surface area (Å²) in [6, 6.07) is 30.8. The Bertz CT molecular complexity index is 1040. The van der Waals surface area contributed by atoms with Crippen molar-refractivity contribution in [2.75, 3.05) is 0 Å². The number of hydrogen-bond acceptors (Lipinski definition) is 0. The molecule has 0 unspecified atom stereocenters. The van der Waals surface area contributed by atoms with Gasteiger partial charge in [0.2, 0.25) is 0 Å². The van der Waals surface area contributed by atoms with E-state index < -0.39 is 0 Å². The summed E-state index contributed by atoms with van der Waals surface area (Å²) in [5.74, 6) is 0. The summed E-state index contributed by atoms with van der Waals surface area (Å²) in [6.07, 6.45) is 1.03. The lowest BCUT2D eigenvalue weighted by molar-refractivity contribution is 1.18. The van der Waals surface area contributed by atoms with E-state index in [9.17, 15) is 0 Å². The molecular weight excluding hydrogens is 372 g/mol. The van der Waals surface area contributed by atoms with Crippen molar-refractivity contribution in [1.82, 2.24) is 0 Å². The normalized spacial score (nSPS) is 10.4. The van der Waals surface area contributed by atoms with E-state index in [1.165, 1.54) is 55.6 Å². The van der Waals surface area contributed by atoms with Gasteiger partial charge in [0, 0.05) is 0 Å². The SMILES string of the molecule is Cc1ccc(-c2ccc(C)cc2C)c(C)c1.Cc1ccc(Cc2ccc(C)cc2)cc1. The van der Waals surface area contributed by atoms with E-state index in [2.05, 4.69) is 126 Å². The zero-order chi connectivity index (χ0) is 22.4. The second kappa shape index (κ2) is 10.3. The molecule has 4 aromatic rings.